The maximum absolute atomic E-state index is 14.2. The number of hydrogen-bond donors (Lipinski definition) is 0. The molecule has 174 valence electrons. The van der Waals surface area contributed by atoms with Crippen LogP contribution in [-0.2, 0) is 11.3 Å². The summed E-state index contributed by atoms with van der Waals surface area (Å²) in [5, 5.41) is 0.392. The molecule has 0 saturated carbocycles. The van der Waals surface area contributed by atoms with Gasteiger partial charge in [-0.3, -0.25) is 14.7 Å². The van der Waals surface area contributed by atoms with Crippen molar-refractivity contribution in [2.45, 2.75) is 6.54 Å². The van der Waals surface area contributed by atoms with E-state index in [4.69, 9.17) is 14.2 Å². The molecule has 1 amide bonds. The van der Waals surface area contributed by atoms with Gasteiger partial charge in [-0.1, -0.05) is 23.5 Å². The summed E-state index contributed by atoms with van der Waals surface area (Å²) in [6, 6.07) is 11.9. The number of pyridine rings is 1. The topological polar surface area (TPSA) is 73.8 Å². The van der Waals surface area contributed by atoms with E-state index < -0.39 is 5.82 Å². The lowest BCUT2D eigenvalue weighted by Crippen LogP contribution is -2.28. The Labute approximate surface area is 200 Å². The van der Waals surface area contributed by atoms with Crippen LogP contribution in [0.15, 0.2) is 60.9 Å². The molecule has 34 heavy (non-hydrogen) atoms. The smallest absolute Gasteiger partial charge is 0.253 e. The zero-order chi connectivity index (χ0) is 24.1. The molecule has 0 fully saturated rings. The number of amides is 1. The van der Waals surface area contributed by atoms with Gasteiger partial charge in [0.2, 0.25) is 5.75 Å². The summed E-state index contributed by atoms with van der Waals surface area (Å²) in [4.78, 5) is 23.3. The van der Waals surface area contributed by atoms with Crippen LogP contribution in [0.5, 0.6) is 17.2 Å². The van der Waals surface area contributed by atoms with Crippen molar-refractivity contribution in [3.8, 4) is 17.2 Å². The Hall–Kier alpha value is -3.98. The minimum atomic E-state index is -0.429. The fourth-order valence-corrected chi connectivity index (χ4v) is 4.37. The molecule has 0 spiro atoms. The Balaban J connectivity index is 1.69. The van der Waals surface area contributed by atoms with E-state index in [2.05, 4.69) is 9.97 Å². The summed E-state index contributed by atoms with van der Waals surface area (Å²) in [6.07, 6.45) is 6.42. The van der Waals surface area contributed by atoms with Crippen LogP contribution in [-0.4, -0.2) is 37.2 Å². The monoisotopic (exact) mass is 479 g/mol. The number of para-hydroxylation sites is 1. The van der Waals surface area contributed by atoms with Gasteiger partial charge in [0.05, 0.1) is 32.6 Å². The second kappa shape index (κ2) is 10.3. The normalized spacial score (nSPS) is 11.1. The molecule has 9 heteroatoms. The standard InChI is InChI=1S/C25H22FN3O4S/c1-31-19-12-16(13-20(32-2)24(19)33-3)9-10-22(30)29(15-17-6-5-11-27-14-17)25-28-23-18(26)7-4-8-21(23)34-25/h4-14H,15H2,1-3H3/b10-9+. The number of benzene rings is 2. The van der Waals surface area contributed by atoms with E-state index in [9.17, 15) is 9.18 Å². The lowest BCUT2D eigenvalue weighted by Gasteiger charge is -2.18. The first-order valence-corrected chi connectivity index (χ1v) is 11.1. The average molecular weight is 480 g/mol. The highest BCUT2D eigenvalue weighted by Crippen LogP contribution is 2.38. The Kier molecular flexibility index (Phi) is 7.03. The van der Waals surface area contributed by atoms with Gasteiger partial charge in [-0.25, -0.2) is 9.37 Å². The van der Waals surface area contributed by atoms with Crippen LogP contribution in [0.25, 0.3) is 16.3 Å². The number of halogens is 1. The Morgan fingerprint density at radius 1 is 1.09 bits per heavy atom. The zero-order valence-corrected chi connectivity index (χ0v) is 19.6. The van der Waals surface area contributed by atoms with E-state index in [-0.39, 0.29) is 18.0 Å². The minimum Gasteiger partial charge on any atom is -0.493 e. The highest BCUT2D eigenvalue weighted by atomic mass is 32.1. The largest absolute Gasteiger partial charge is 0.493 e. The highest BCUT2D eigenvalue weighted by molar-refractivity contribution is 7.22. The van der Waals surface area contributed by atoms with Crippen molar-refractivity contribution < 1.29 is 23.4 Å². The molecule has 0 unspecified atom stereocenters. The molecule has 2 aromatic heterocycles. The first-order chi connectivity index (χ1) is 16.5. The number of carbonyl (C=O) groups is 1. The maximum Gasteiger partial charge on any atom is 0.253 e. The van der Waals surface area contributed by atoms with Gasteiger partial charge in [-0.2, -0.15) is 0 Å². The molecule has 0 aliphatic rings. The first-order valence-electron chi connectivity index (χ1n) is 10.3. The lowest BCUT2D eigenvalue weighted by atomic mass is 10.1. The average Bonchev–Trinajstić information content (AvgIpc) is 3.31. The molecule has 0 aliphatic heterocycles. The molecule has 4 aromatic rings. The van der Waals surface area contributed by atoms with Crippen LogP contribution in [0, 0.1) is 5.82 Å². The maximum atomic E-state index is 14.2. The summed E-state index contributed by atoms with van der Waals surface area (Å²) in [5.41, 5.74) is 1.73. The fourth-order valence-electron chi connectivity index (χ4n) is 3.39. The molecular weight excluding hydrogens is 457 g/mol. The summed E-state index contributed by atoms with van der Waals surface area (Å²) in [5.74, 6) is 0.660. The molecule has 0 atom stereocenters. The number of anilines is 1. The van der Waals surface area contributed by atoms with Crippen LogP contribution in [0.1, 0.15) is 11.1 Å². The van der Waals surface area contributed by atoms with Crippen LogP contribution >= 0.6 is 11.3 Å². The quantitative estimate of drug-likeness (QED) is 0.327. The summed E-state index contributed by atoms with van der Waals surface area (Å²) in [7, 11) is 4.58. The van der Waals surface area contributed by atoms with Gasteiger partial charge in [0.1, 0.15) is 11.3 Å². The molecule has 7 nitrogen and oxygen atoms in total. The number of fused-ring (bicyclic) bond motifs is 1. The van der Waals surface area contributed by atoms with Crippen molar-refractivity contribution in [3.63, 3.8) is 0 Å². The summed E-state index contributed by atoms with van der Waals surface area (Å²) in [6.45, 7) is 0.230. The third-order valence-electron chi connectivity index (χ3n) is 5.02. The molecular formula is C25H22FN3O4S. The number of hydrogen-bond acceptors (Lipinski definition) is 7. The predicted octanol–water partition coefficient (Wildman–Crippen LogP) is 5.10. The fraction of sp³-hybridized carbons (Fsp3) is 0.160. The molecule has 0 saturated heterocycles. The van der Waals surface area contributed by atoms with E-state index in [1.165, 1.54) is 49.7 Å². The number of aromatic nitrogens is 2. The van der Waals surface area contributed by atoms with E-state index in [1.807, 2.05) is 6.07 Å². The van der Waals surface area contributed by atoms with Crippen LogP contribution in [0.3, 0.4) is 0 Å². The summed E-state index contributed by atoms with van der Waals surface area (Å²) < 4.78 is 31.0. The van der Waals surface area contributed by atoms with E-state index >= 15 is 0 Å². The third-order valence-corrected chi connectivity index (χ3v) is 6.07. The Bertz CT molecular complexity index is 1320. The molecule has 0 N–H and O–H groups in total. The first kappa shape index (κ1) is 23.2. The highest BCUT2D eigenvalue weighted by Gasteiger charge is 2.20. The zero-order valence-electron chi connectivity index (χ0n) is 18.8. The van der Waals surface area contributed by atoms with E-state index in [0.29, 0.717) is 32.6 Å². The second-order valence-electron chi connectivity index (χ2n) is 7.16. The Morgan fingerprint density at radius 2 is 1.85 bits per heavy atom. The lowest BCUT2D eigenvalue weighted by molar-refractivity contribution is -0.114. The Morgan fingerprint density at radius 3 is 2.47 bits per heavy atom. The molecule has 4 rings (SSSR count). The number of rotatable bonds is 8. The van der Waals surface area contributed by atoms with E-state index in [1.54, 1.807) is 48.8 Å². The van der Waals surface area contributed by atoms with Crippen molar-refractivity contribution in [1.82, 2.24) is 9.97 Å². The molecule has 0 bridgehead atoms. The van der Waals surface area contributed by atoms with Crippen molar-refractivity contribution >= 4 is 38.7 Å². The van der Waals surface area contributed by atoms with Crippen LogP contribution < -0.4 is 19.1 Å². The van der Waals surface area contributed by atoms with Crippen molar-refractivity contribution in [2.24, 2.45) is 0 Å². The number of ether oxygens (including phenoxy) is 3. The number of carbonyl (C=O) groups excluding carboxylic acids is 1. The van der Waals surface area contributed by atoms with Gasteiger partial charge in [0.15, 0.2) is 16.6 Å². The van der Waals surface area contributed by atoms with Gasteiger partial charge in [-0.05, 0) is 47.5 Å². The SMILES string of the molecule is COc1cc(/C=C/C(=O)N(Cc2cccnc2)c2nc3c(F)cccc3s2)cc(OC)c1OC. The van der Waals surface area contributed by atoms with Gasteiger partial charge < -0.3 is 14.2 Å². The summed E-state index contributed by atoms with van der Waals surface area (Å²) >= 11 is 1.25. The predicted molar refractivity (Wildman–Crippen MR) is 130 cm³/mol. The van der Waals surface area contributed by atoms with E-state index in [0.717, 1.165) is 5.56 Å². The molecule has 0 aliphatic carbocycles. The van der Waals surface area contributed by atoms with Gasteiger partial charge >= 0.3 is 0 Å². The third kappa shape index (κ3) is 4.84. The van der Waals surface area contributed by atoms with Crippen molar-refractivity contribution in [3.05, 3.63) is 77.9 Å². The number of methoxy groups -OCH3 is 3. The minimum absolute atomic E-state index is 0.230. The van der Waals surface area contributed by atoms with Crippen LogP contribution in [0.4, 0.5) is 9.52 Å². The van der Waals surface area contributed by atoms with Gasteiger partial charge in [-0.15, -0.1) is 0 Å². The van der Waals surface area contributed by atoms with Crippen molar-refractivity contribution in [2.75, 3.05) is 26.2 Å². The number of nitrogens with zero attached hydrogens (tertiary/aromatic N) is 3. The molecule has 2 heterocycles. The molecule has 2 aromatic carbocycles. The van der Waals surface area contributed by atoms with Crippen molar-refractivity contribution in [1.29, 1.82) is 0 Å². The second-order valence-corrected chi connectivity index (χ2v) is 8.17. The molecule has 0 radical (unpaired) electrons. The van der Waals surface area contributed by atoms with Crippen LogP contribution in [0.2, 0.25) is 0 Å². The number of thiazole rings is 1. The van der Waals surface area contributed by atoms with Gasteiger partial charge in [0, 0.05) is 18.5 Å². The van der Waals surface area contributed by atoms with Gasteiger partial charge in [0.25, 0.3) is 5.91 Å².